The number of hydrogen-bond donors (Lipinski definition) is 3. The largest absolute Gasteiger partial charge is 0.416 e. The highest BCUT2D eigenvalue weighted by molar-refractivity contribution is 6.08. The summed E-state index contributed by atoms with van der Waals surface area (Å²) in [6.07, 6.45) is 1.50. The lowest BCUT2D eigenvalue weighted by Crippen LogP contribution is -2.39. The fourth-order valence-corrected chi connectivity index (χ4v) is 5.16. The summed E-state index contributed by atoms with van der Waals surface area (Å²) in [5.74, 6) is -1.25. The van der Waals surface area contributed by atoms with Crippen molar-refractivity contribution in [3.05, 3.63) is 71.4 Å². The number of fused-ring (bicyclic) bond motifs is 1. The maximum Gasteiger partial charge on any atom is 0.416 e. The Hall–Kier alpha value is -5.01. The maximum atomic E-state index is 13.1. The second kappa shape index (κ2) is 11.1. The number of amides is 3. The van der Waals surface area contributed by atoms with Gasteiger partial charge in [0.2, 0.25) is 11.8 Å². The summed E-state index contributed by atoms with van der Waals surface area (Å²) >= 11 is 0. The van der Waals surface area contributed by atoms with Gasteiger partial charge in [-0.15, -0.1) is 0 Å². The smallest absolute Gasteiger partial charge is 0.382 e. The van der Waals surface area contributed by atoms with Gasteiger partial charge in [-0.2, -0.15) is 13.2 Å². The minimum atomic E-state index is -4.62. The molecule has 1 atom stereocenters. The minimum absolute atomic E-state index is 0.0393. The maximum absolute atomic E-state index is 13.1. The summed E-state index contributed by atoms with van der Waals surface area (Å²) in [7, 11) is 0. The zero-order valence-corrected chi connectivity index (χ0v) is 22.5. The number of rotatable bonds is 6. The van der Waals surface area contributed by atoms with Gasteiger partial charge < -0.3 is 21.7 Å². The quantitative estimate of drug-likeness (QED) is 0.312. The summed E-state index contributed by atoms with van der Waals surface area (Å²) in [5.41, 5.74) is 11.9. The standard InChI is InChI=1S/C28H27F3N8O3/c1-2-21(40)38-10-3-4-16(14-38)26-37-22(23-24(32)35-9-11-39(23)26)18-6-5-15(12-19(18)25(33)41)27(42)36-20-13-17(7-8-34-20)28(29,30)31/h5-9,11-13,16H,2-4,10,14H2,1H3,(H2,32,35)(H2,33,41)(H,34,36,42). The molecule has 42 heavy (non-hydrogen) atoms. The van der Waals surface area contributed by atoms with Crippen molar-refractivity contribution in [3.8, 4) is 11.3 Å². The third-order valence-corrected chi connectivity index (χ3v) is 7.18. The average Bonchev–Trinajstić information content (AvgIpc) is 3.37. The lowest BCUT2D eigenvalue weighted by atomic mass is 9.97. The van der Waals surface area contributed by atoms with Gasteiger partial charge in [0.25, 0.3) is 5.91 Å². The van der Waals surface area contributed by atoms with Gasteiger partial charge in [0.15, 0.2) is 0 Å². The molecule has 1 unspecified atom stereocenters. The number of primary amides is 1. The van der Waals surface area contributed by atoms with Crippen LogP contribution in [0.15, 0.2) is 48.9 Å². The molecule has 1 aromatic carbocycles. The summed E-state index contributed by atoms with van der Waals surface area (Å²) in [5, 5.41) is 2.32. The number of carbonyl (C=O) groups is 3. The summed E-state index contributed by atoms with van der Waals surface area (Å²) in [6.45, 7) is 2.94. The second-order valence-electron chi connectivity index (χ2n) is 9.89. The van der Waals surface area contributed by atoms with Crippen LogP contribution in [0.2, 0.25) is 0 Å². The van der Waals surface area contributed by atoms with Gasteiger partial charge in [-0.3, -0.25) is 18.8 Å². The monoisotopic (exact) mass is 580 g/mol. The van der Waals surface area contributed by atoms with E-state index < -0.39 is 23.6 Å². The molecule has 4 aromatic rings. The van der Waals surface area contributed by atoms with E-state index in [1.807, 2.05) is 6.92 Å². The molecular weight excluding hydrogens is 553 g/mol. The van der Waals surface area contributed by atoms with Crippen LogP contribution in [0, 0.1) is 0 Å². The number of aromatic nitrogens is 4. The Morgan fingerprint density at radius 2 is 1.90 bits per heavy atom. The van der Waals surface area contributed by atoms with Gasteiger partial charge in [-0.25, -0.2) is 15.0 Å². The van der Waals surface area contributed by atoms with E-state index in [-0.39, 0.29) is 40.2 Å². The fourth-order valence-electron chi connectivity index (χ4n) is 5.16. The summed E-state index contributed by atoms with van der Waals surface area (Å²) in [4.78, 5) is 52.5. The first kappa shape index (κ1) is 28.5. The Morgan fingerprint density at radius 3 is 2.62 bits per heavy atom. The van der Waals surface area contributed by atoms with E-state index in [4.69, 9.17) is 16.5 Å². The van der Waals surface area contributed by atoms with Crippen LogP contribution in [0.3, 0.4) is 0 Å². The average molecular weight is 581 g/mol. The molecule has 218 valence electrons. The number of carbonyl (C=O) groups excluding carboxylic acids is 3. The lowest BCUT2D eigenvalue weighted by molar-refractivity contribution is -0.137. The Morgan fingerprint density at radius 1 is 1.12 bits per heavy atom. The number of imidazole rings is 1. The third-order valence-electron chi connectivity index (χ3n) is 7.18. The van der Waals surface area contributed by atoms with E-state index >= 15 is 0 Å². The zero-order chi connectivity index (χ0) is 30.2. The molecule has 1 fully saturated rings. The van der Waals surface area contributed by atoms with Crippen LogP contribution < -0.4 is 16.8 Å². The molecular formula is C28H27F3N8O3. The number of likely N-dealkylation sites (tertiary alicyclic amines) is 1. The Bertz CT molecular complexity index is 1700. The predicted octanol–water partition coefficient (Wildman–Crippen LogP) is 3.86. The van der Waals surface area contributed by atoms with Gasteiger partial charge in [-0.1, -0.05) is 13.0 Å². The number of hydrogen-bond acceptors (Lipinski definition) is 7. The molecule has 0 radical (unpaired) electrons. The van der Waals surface area contributed by atoms with Crippen molar-refractivity contribution < 1.29 is 27.6 Å². The van der Waals surface area contributed by atoms with Crippen LogP contribution >= 0.6 is 0 Å². The van der Waals surface area contributed by atoms with Crippen LogP contribution in [0.4, 0.5) is 24.8 Å². The number of nitrogens with one attached hydrogen (secondary N) is 1. The lowest BCUT2D eigenvalue weighted by Gasteiger charge is -2.32. The van der Waals surface area contributed by atoms with E-state index in [1.165, 1.54) is 24.4 Å². The molecule has 3 amide bonds. The summed E-state index contributed by atoms with van der Waals surface area (Å²) < 4.78 is 41.0. The SMILES string of the molecule is CCC(=O)N1CCCC(c2nc(-c3ccc(C(=O)Nc4cc(C(F)(F)F)ccn4)cc3C(N)=O)c3c(N)nccn23)C1. The van der Waals surface area contributed by atoms with Crippen LogP contribution in [0.25, 0.3) is 16.8 Å². The third kappa shape index (κ3) is 5.47. The van der Waals surface area contributed by atoms with E-state index in [9.17, 15) is 27.6 Å². The van der Waals surface area contributed by atoms with Crippen LogP contribution in [0.1, 0.15) is 64.2 Å². The molecule has 3 aromatic heterocycles. The van der Waals surface area contributed by atoms with Gasteiger partial charge >= 0.3 is 6.18 Å². The molecule has 4 heterocycles. The first-order valence-electron chi connectivity index (χ1n) is 13.2. The van der Waals surface area contributed by atoms with E-state index in [1.54, 1.807) is 15.5 Å². The Labute approximate surface area is 237 Å². The van der Waals surface area contributed by atoms with Crippen LogP contribution in [-0.4, -0.2) is 55.1 Å². The number of nitrogen functional groups attached to an aromatic ring is 1. The van der Waals surface area contributed by atoms with Gasteiger partial charge in [-0.05, 0) is 37.1 Å². The Balaban J connectivity index is 1.53. The number of anilines is 2. The molecule has 5 rings (SSSR count). The van der Waals surface area contributed by atoms with E-state index in [0.717, 1.165) is 25.1 Å². The van der Waals surface area contributed by atoms with Crippen molar-refractivity contribution >= 4 is 34.9 Å². The van der Waals surface area contributed by atoms with Crippen molar-refractivity contribution in [2.24, 2.45) is 5.73 Å². The van der Waals surface area contributed by atoms with Crippen LogP contribution in [-0.2, 0) is 11.0 Å². The van der Waals surface area contributed by atoms with Gasteiger partial charge in [0, 0.05) is 60.7 Å². The van der Waals surface area contributed by atoms with Crippen molar-refractivity contribution in [1.29, 1.82) is 0 Å². The highest BCUT2D eigenvalue weighted by Crippen LogP contribution is 2.36. The molecule has 0 aliphatic carbocycles. The topological polar surface area (TPSA) is 162 Å². The Kier molecular flexibility index (Phi) is 7.54. The molecule has 1 saturated heterocycles. The van der Waals surface area contributed by atoms with Crippen molar-refractivity contribution in [2.75, 3.05) is 24.1 Å². The molecule has 11 nitrogen and oxygen atoms in total. The normalized spacial score (nSPS) is 15.5. The van der Waals surface area contributed by atoms with Gasteiger partial charge in [0.05, 0.1) is 5.56 Å². The van der Waals surface area contributed by atoms with Gasteiger partial charge in [0.1, 0.15) is 28.7 Å². The first-order chi connectivity index (χ1) is 20.0. The first-order valence-corrected chi connectivity index (χ1v) is 13.2. The number of piperidine rings is 1. The molecule has 14 heteroatoms. The van der Waals surface area contributed by atoms with Crippen LogP contribution in [0.5, 0.6) is 0 Å². The number of halogens is 3. The minimum Gasteiger partial charge on any atom is -0.382 e. The fraction of sp³-hybridized carbons (Fsp3) is 0.286. The highest BCUT2D eigenvalue weighted by Gasteiger charge is 2.32. The molecule has 0 saturated carbocycles. The summed E-state index contributed by atoms with van der Waals surface area (Å²) in [6, 6.07) is 5.59. The molecule has 0 spiro atoms. The molecule has 1 aliphatic heterocycles. The van der Waals surface area contributed by atoms with Crippen molar-refractivity contribution in [3.63, 3.8) is 0 Å². The molecule has 5 N–H and O–H groups in total. The number of alkyl halides is 3. The van der Waals surface area contributed by atoms with Crippen molar-refractivity contribution in [2.45, 2.75) is 38.3 Å². The van der Waals surface area contributed by atoms with Crippen molar-refractivity contribution in [1.82, 2.24) is 24.3 Å². The number of nitrogens with two attached hydrogens (primary N) is 2. The number of benzene rings is 1. The van der Waals surface area contributed by atoms with E-state index in [2.05, 4.69) is 15.3 Å². The molecule has 0 bridgehead atoms. The molecule has 1 aliphatic rings. The highest BCUT2D eigenvalue weighted by atomic mass is 19.4. The second-order valence-corrected chi connectivity index (χ2v) is 9.89. The number of nitrogens with zero attached hydrogens (tertiary/aromatic N) is 5. The number of pyridine rings is 1. The zero-order valence-electron chi connectivity index (χ0n) is 22.5. The predicted molar refractivity (Wildman–Crippen MR) is 147 cm³/mol. The van der Waals surface area contributed by atoms with E-state index in [0.29, 0.717) is 42.6 Å².